The molecule has 4 nitrogen and oxygen atoms in total. The van der Waals surface area contributed by atoms with Gasteiger partial charge < -0.3 is 14.8 Å². The number of aromatic carboxylic acids is 1. The number of hydrogen-bond acceptors (Lipinski definition) is 2. The molecule has 0 spiro atoms. The van der Waals surface area contributed by atoms with Crippen LogP contribution in [0.25, 0.3) is 10.9 Å². The van der Waals surface area contributed by atoms with Crippen LogP contribution in [0.1, 0.15) is 15.9 Å². The summed E-state index contributed by atoms with van der Waals surface area (Å²) in [6.07, 6.45) is 1.89. The smallest absolute Gasteiger partial charge is 0.335 e. The number of phenols is 1. The molecular formula is C16H13NO3. The monoisotopic (exact) mass is 267 g/mol. The van der Waals surface area contributed by atoms with E-state index in [1.165, 1.54) is 0 Å². The molecule has 0 saturated carbocycles. The molecule has 0 aliphatic heterocycles. The molecular weight excluding hydrogens is 254 g/mol. The lowest BCUT2D eigenvalue weighted by Gasteiger charge is -2.07. The third-order valence-electron chi connectivity index (χ3n) is 3.35. The van der Waals surface area contributed by atoms with Crippen molar-refractivity contribution in [2.45, 2.75) is 6.54 Å². The normalized spacial score (nSPS) is 10.8. The van der Waals surface area contributed by atoms with Crippen LogP contribution in [0.2, 0.25) is 0 Å². The Bertz CT molecular complexity index is 789. The summed E-state index contributed by atoms with van der Waals surface area (Å²) in [5.41, 5.74) is 2.04. The molecule has 0 atom stereocenters. The number of aromatic nitrogens is 1. The van der Waals surface area contributed by atoms with Crippen LogP contribution in [-0.2, 0) is 6.54 Å². The van der Waals surface area contributed by atoms with E-state index in [-0.39, 0.29) is 11.3 Å². The second kappa shape index (κ2) is 4.74. The maximum atomic E-state index is 10.9. The Hall–Kier alpha value is -2.75. The van der Waals surface area contributed by atoms with Crippen molar-refractivity contribution < 1.29 is 15.0 Å². The van der Waals surface area contributed by atoms with Crippen molar-refractivity contribution in [1.29, 1.82) is 0 Å². The van der Waals surface area contributed by atoms with Gasteiger partial charge in [-0.2, -0.15) is 0 Å². The van der Waals surface area contributed by atoms with Gasteiger partial charge in [0.2, 0.25) is 0 Å². The maximum absolute atomic E-state index is 10.9. The molecule has 100 valence electrons. The number of fused-ring (bicyclic) bond motifs is 1. The first-order chi connectivity index (χ1) is 9.65. The van der Waals surface area contributed by atoms with Gasteiger partial charge in [-0.05, 0) is 30.3 Å². The average Bonchev–Trinajstić information content (AvgIpc) is 2.84. The molecule has 0 fully saturated rings. The fourth-order valence-corrected chi connectivity index (χ4v) is 2.30. The maximum Gasteiger partial charge on any atom is 0.335 e. The number of carboxylic acid groups (broad SMARTS) is 1. The van der Waals surface area contributed by atoms with E-state index < -0.39 is 5.97 Å². The second-order valence-electron chi connectivity index (χ2n) is 4.65. The Kier molecular flexibility index (Phi) is 2.91. The van der Waals surface area contributed by atoms with Crippen LogP contribution in [0, 0.1) is 0 Å². The topological polar surface area (TPSA) is 62.5 Å². The van der Waals surface area contributed by atoms with E-state index in [1.54, 1.807) is 30.3 Å². The Morgan fingerprint density at radius 2 is 1.90 bits per heavy atom. The van der Waals surface area contributed by atoms with Crippen LogP contribution >= 0.6 is 0 Å². The summed E-state index contributed by atoms with van der Waals surface area (Å²) in [5, 5.41) is 19.7. The molecule has 0 aliphatic rings. The van der Waals surface area contributed by atoms with Crippen molar-refractivity contribution in [3.05, 3.63) is 65.9 Å². The van der Waals surface area contributed by atoms with Crippen LogP contribution in [0.4, 0.5) is 0 Å². The lowest BCUT2D eigenvalue weighted by atomic mass is 10.1. The number of para-hydroxylation sites is 1. The second-order valence-corrected chi connectivity index (χ2v) is 4.65. The van der Waals surface area contributed by atoms with Gasteiger partial charge in [-0.1, -0.05) is 18.2 Å². The molecule has 0 unspecified atom stereocenters. The van der Waals surface area contributed by atoms with Gasteiger partial charge >= 0.3 is 5.97 Å². The number of nitrogens with zero attached hydrogens (tertiary/aromatic N) is 1. The summed E-state index contributed by atoms with van der Waals surface area (Å²) >= 11 is 0. The summed E-state index contributed by atoms with van der Waals surface area (Å²) in [4.78, 5) is 10.9. The first-order valence-electron chi connectivity index (χ1n) is 6.24. The number of aromatic hydroxyl groups is 1. The molecule has 4 heteroatoms. The molecule has 3 aromatic rings. The summed E-state index contributed by atoms with van der Waals surface area (Å²) < 4.78 is 1.98. The molecule has 1 aromatic heterocycles. The van der Waals surface area contributed by atoms with Crippen LogP contribution in [0.15, 0.2) is 54.7 Å². The van der Waals surface area contributed by atoms with Gasteiger partial charge in [-0.15, -0.1) is 0 Å². The third-order valence-corrected chi connectivity index (χ3v) is 3.35. The Morgan fingerprint density at radius 1 is 1.10 bits per heavy atom. The Balaban J connectivity index is 2.01. The molecule has 0 saturated heterocycles. The van der Waals surface area contributed by atoms with Crippen molar-refractivity contribution in [1.82, 2.24) is 4.57 Å². The largest absolute Gasteiger partial charge is 0.508 e. The van der Waals surface area contributed by atoms with Crippen LogP contribution < -0.4 is 0 Å². The SMILES string of the molecule is O=C(O)c1ccc2c(ccn2Cc2ccccc2O)c1. The molecule has 20 heavy (non-hydrogen) atoms. The van der Waals surface area contributed by atoms with Crippen LogP contribution in [-0.4, -0.2) is 20.7 Å². The highest BCUT2D eigenvalue weighted by molar-refractivity contribution is 5.93. The Morgan fingerprint density at radius 3 is 2.65 bits per heavy atom. The average molecular weight is 267 g/mol. The fourth-order valence-electron chi connectivity index (χ4n) is 2.30. The summed E-state index contributed by atoms with van der Waals surface area (Å²) in [7, 11) is 0. The number of carboxylic acids is 1. The number of hydrogen-bond donors (Lipinski definition) is 2. The van der Waals surface area contributed by atoms with Gasteiger partial charge in [0.1, 0.15) is 5.75 Å². The van der Waals surface area contributed by atoms with Gasteiger partial charge in [0.05, 0.1) is 12.1 Å². The quantitative estimate of drug-likeness (QED) is 0.766. The molecule has 2 aromatic carbocycles. The van der Waals surface area contributed by atoms with E-state index in [9.17, 15) is 9.90 Å². The van der Waals surface area contributed by atoms with E-state index in [1.807, 2.05) is 29.0 Å². The van der Waals surface area contributed by atoms with E-state index in [0.29, 0.717) is 6.54 Å². The van der Waals surface area contributed by atoms with E-state index in [2.05, 4.69) is 0 Å². The van der Waals surface area contributed by atoms with Gasteiger partial charge in [-0.25, -0.2) is 4.79 Å². The van der Waals surface area contributed by atoms with E-state index in [0.717, 1.165) is 16.5 Å². The first-order valence-corrected chi connectivity index (χ1v) is 6.24. The third kappa shape index (κ3) is 2.12. The number of phenolic OH excluding ortho intramolecular Hbond substituents is 1. The molecule has 0 aliphatic carbocycles. The fraction of sp³-hybridized carbons (Fsp3) is 0.0625. The molecule has 1 heterocycles. The molecule has 0 radical (unpaired) electrons. The highest BCUT2D eigenvalue weighted by atomic mass is 16.4. The van der Waals surface area contributed by atoms with Crippen LogP contribution in [0.3, 0.4) is 0 Å². The number of benzene rings is 2. The van der Waals surface area contributed by atoms with Gasteiger partial charge in [-0.3, -0.25) is 0 Å². The first kappa shape index (κ1) is 12.3. The molecule has 3 rings (SSSR count). The summed E-state index contributed by atoms with van der Waals surface area (Å²) in [6.45, 7) is 0.544. The lowest BCUT2D eigenvalue weighted by Crippen LogP contribution is -1.99. The Labute approximate surface area is 115 Å². The summed E-state index contributed by atoms with van der Waals surface area (Å²) in [6, 6.07) is 14.1. The van der Waals surface area contributed by atoms with Gasteiger partial charge in [0.25, 0.3) is 0 Å². The molecule has 2 N–H and O–H groups in total. The van der Waals surface area contributed by atoms with Gasteiger partial charge in [0.15, 0.2) is 0 Å². The zero-order valence-corrected chi connectivity index (χ0v) is 10.7. The minimum atomic E-state index is -0.930. The highest BCUT2D eigenvalue weighted by Crippen LogP contribution is 2.22. The lowest BCUT2D eigenvalue weighted by molar-refractivity contribution is 0.0697. The highest BCUT2D eigenvalue weighted by Gasteiger charge is 2.08. The summed E-state index contributed by atoms with van der Waals surface area (Å²) in [5.74, 6) is -0.670. The minimum Gasteiger partial charge on any atom is -0.508 e. The minimum absolute atomic E-state index is 0.261. The van der Waals surface area contributed by atoms with E-state index in [4.69, 9.17) is 5.11 Å². The number of carbonyl (C=O) groups is 1. The van der Waals surface area contributed by atoms with Crippen molar-refractivity contribution in [3.63, 3.8) is 0 Å². The van der Waals surface area contributed by atoms with E-state index >= 15 is 0 Å². The predicted molar refractivity (Wildman–Crippen MR) is 76.1 cm³/mol. The number of rotatable bonds is 3. The van der Waals surface area contributed by atoms with Gasteiger partial charge in [0, 0.05) is 22.7 Å². The zero-order chi connectivity index (χ0) is 14.1. The molecule has 0 bridgehead atoms. The van der Waals surface area contributed by atoms with Crippen molar-refractivity contribution in [3.8, 4) is 5.75 Å². The van der Waals surface area contributed by atoms with Crippen molar-refractivity contribution >= 4 is 16.9 Å². The predicted octanol–water partition coefficient (Wildman–Crippen LogP) is 3.09. The zero-order valence-electron chi connectivity index (χ0n) is 10.7. The molecule has 0 amide bonds. The van der Waals surface area contributed by atoms with Crippen LogP contribution in [0.5, 0.6) is 5.75 Å². The van der Waals surface area contributed by atoms with Crippen molar-refractivity contribution in [2.24, 2.45) is 0 Å². The standard InChI is InChI=1S/C16H13NO3/c18-15-4-2-1-3-13(15)10-17-8-7-11-9-12(16(19)20)5-6-14(11)17/h1-9,18H,10H2,(H,19,20). The van der Waals surface area contributed by atoms with Crippen molar-refractivity contribution in [2.75, 3.05) is 0 Å².